The van der Waals surface area contributed by atoms with Crippen molar-refractivity contribution in [2.24, 2.45) is 0 Å². The minimum absolute atomic E-state index is 0.0424. The molecule has 3 unspecified atom stereocenters. The van der Waals surface area contributed by atoms with E-state index in [-0.39, 0.29) is 31.5 Å². The summed E-state index contributed by atoms with van der Waals surface area (Å²) in [5.74, 6) is -0.500. The van der Waals surface area contributed by atoms with Crippen LogP contribution in [0.3, 0.4) is 0 Å². The van der Waals surface area contributed by atoms with Gasteiger partial charge in [-0.2, -0.15) is 0 Å². The van der Waals surface area contributed by atoms with Crippen molar-refractivity contribution in [2.75, 3.05) is 40.9 Å². The van der Waals surface area contributed by atoms with Crippen LogP contribution in [-0.4, -0.2) is 74.3 Å². The van der Waals surface area contributed by atoms with Gasteiger partial charge in [-0.05, 0) is 51.0 Å². The summed E-state index contributed by atoms with van der Waals surface area (Å²) in [6, 6.07) is -0.845. The molecule has 0 aromatic rings. The smallest absolute Gasteiger partial charge is 0.456 e. The number of esters is 1. The van der Waals surface area contributed by atoms with Gasteiger partial charge in [0.2, 0.25) is 5.91 Å². The van der Waals surface area contributed by atoms with Crippen LogP contribution in [0.2, 0.25) is 0 Å². The molecule has 0 aliphatic rings. The monoisotopic (exact) mass is 1050 g/mol. The predicted octanol–water partition coefficient (Wildman–Crippen LogP) is 19.3. The highest BCUT2D eigenvalue weighted by Gasteiger charge is 2.30. The largest absolute Gasteiger partial charge is 0.472 e. The zero-order valence-electron chi connectivity index (χ0n) is 49.4. The number of amides is 1. The molecule has 0 saturated carbocycles. The number of phosphoric acid groups is 1. The maximum Gasteiger partial charge on any atom is 0.472 e. The summed E-state index contributed by atoms with van der Waals surface area (Å²) in [4.78, 5) is 37.6. The third-order valence-electron chi connectivity index (χ3n) is 14.4. The zero-order chi connectivity index (χ0) is 53.6. The molecule has 2 N–H and O–H groups in total. The number of likely N-dealkylation sites (N-methyl/N-ethyl adjacent to an activating group) is 1. The minimum Gasteiger partial charge on any atom is -0.456 e. The molecule has 73 heavy (non-hydrogen) atoms. The number of rotatable bonds is 58. The van der Waals surface area contributed by atoms with Crippen LogP contribution in [0.15, 0.2) is 24.3 Å². The first-order valence-electron chi connectivity index (χ1n) is 31.7. The maximum absolute atomic E-state index is 13.5. The number of hydrogen-bond acceptors (Lipinski definition) is 6. The van der Waals surface area contributed by atoms with E-state index in [0.29, 0.717) is 17.4 Å². The van der Waals surface area contributed by atoms with E-state index in [2.05, 4.69) is 38.2 Å². The molecule has 0 spiro atoms. The number of hydrogen-bond donors (Lipinski definition) is 2. The fourth-order valence-corrected chi connectivity index (χ4v) is 10.2. The molecule has 9 nitrogen and oxygen atoms in total. The molecule has 1 amide bonds. The van der Waals surface area contributed by atoms with E-state index in [0.717, 1.165) is 83.5 Å². The molecule has 0 aromatic carbocycles. The van der Waals surface area contributed by atoms with Crippen molar-refractivity contribution >= 4 is 19.7 Å². The van der Waals surface area contributed by atoms with E-state index < -0.39 is 20.0 Å². The van der Waals surface area contributed by atoms with Crippen LogP contribution in [0.25, 0.3) is 0 Å². The molecule has 3 atom stereocenters. The summed E-state index contributed by atoms with van der Waals surface area (Å²) in [6.45, 7) is 7.01. The van der Waals surface area contributed by atoms with Gasteiger partial charge in [-0.1, -0.05) is 277 Å². The van der Waals surface area contributed by atoms with E-state index in [1.165, 1.54) is 199 Å². The SMILES string of the molecule is CCCC/C=C\CCCCCCCC(=O)OC(/C=C/CCCCCCCCCCCCC)C(COP(=O)(O)OCC[N+](C)(C)C)NC(=O)CCCCCCCCCCCCCCCCCCCCCCCCC. The number of ether oxygens (including phenoxy) is 1. The molecule has 0 heterocycles. The normalized spacial score (nSPS) is 13.8. The van der Waals surface area contributed by atoms with Gasteiger partial charge >= 0.3 is 13.8 Å². The Kier molecular flexibility index (Phi) is 52.8. The lowest BCUT2D eigenvalue weighted by Crippen LogP contribution is -2.47. The summed E-state index contributed by atoms with van der Waals surface area (Å²) in [5.41, 5.74) is 0. The fourth-order valence-electron chi connectivity index (χ4n) is 9.45. The molecule has 0 saturated heterocycles. The van der Waals surface area contributed by atoms with Crippen molar-refractivity contribution < 1.29 is 37.3 Å². The van der Waals surface area contributed by atoms with Crippen molar-refractivity contribution in [3.05, 3.63) is 24.3 Å². The topological polar surface area (TPSA) is 111 Å². The van der Waals surface area contributed by atoms with Gasteiger partial charge in [-0.25, -0.2) is 4.57 Å². The number of nitrogens with one attached hydrogen (secondary N) is 1. The van der Waals surface area contributed by atoms with Gasteiger partial charge in [-0.3, -0.25) is 18.6 Å². The van der Waals surface area contributed by atoms with Crippen molar-refractivity contribution in [2.45, 2.75) is 328 Å². The van der Waals surface area contributed by atoms with Crippen LogP contribution in [0.4, 0.5) is 0 Å². The highest BCUT2D eigenvalue weighted by atomic mass is 31.2. The Morgan fingerprint density at radius 1 is 0.466 bits per heavy atom. The minimum atomic E-state index is -4.44. The number of carbonyl (C=O) groups is 2. The van der Waals surface area contributed by atoms with Gasteiger partial charge in [-0.15, -0.1) is 0 Å². The molecule has 0 rings (SSSR count). The average molecular weight is 1050 g/mol. The summed E-state index contributed by atoms with van der Waals surface area (Å²) in [7, 11) is 1.51. The van der Waals surface area contributed by atoms with Gasteiger partial charge in [0.05, 0.1) is 33.8 Å². The van der Waals surface area contributed by atoms with Crippen LogP contribution in [0, 0.1) is 0 Å². The molecular weight excluding hydrogens is 928 g/mol. The highest BCUT2D eigenvalue weighted by molar-refractivity contribution is 7.47. The quantitative estimate of drug-likeness (QED) is 0.0205. The summed E-state index contributed by atoms with van der Waals surface area (Å²) >= 11 is 0. The van der Waals surface area contributed by atoms with E-state index in [4.69, 9.17) is 13.8 Å². The van der Waals surface area contributed by atoms with E-state index in [9.17, 15) is 19.0 Å². The average Bonchev–Trinajstić information content (AvgIpc) is 3.35. The summed E-state index contributed by atoms with van der Waals surface area (Å²) in [5, 5.41) is 3.06. The van der Waals surface area contributed by atoms with E-state index >= 15 is 0 Å². The molecule has 0 aliphatic heterocycles. The van der Waals surface area contributed by atoms with Crippen molar-refractivity contribution in [1.82, 2.24) is 5.32 Å². The molecular formula is C63H124N2O7P+. The Morgan fingerprint density at radius 2 is 0.808 bits per heavy atom. The Balaban J connectivity index is 5.09. The molecule has 0 bridgehead atoms. The molecule has 0 aromatic heterocycles. The second-order valence-corrected chi connectivity index (χ2v) is 24.4. The first kappa shape index (κ1) is 71.5. The van der Waals surface area contributed by atoms with Crippen LogP contribution >= 0.6 is 7.82 Å². The van der Waals surface area contributed by atoms with Crippen LogP contribution in [-0.2, 0) is 27.9 Å². The second kappa shape index (κ2) is 53.9. The third-order valence-corrected chi connectivity index (χ3v) is 15.4. The first-order valence-corrected chi connectivity index (χ1v) is 33.2. The van der Waals surface area contributed by atoms with Crippen molar-refractivity contribution in [1.29, 1.82) is 0 Å². The fraction of sp³-hybridized carbons (Fsp3) is 0.905. The van der Waals surface area contributed by atoms with Gasteiger partial charge in [0, 0.05) is 12.8 Å². The summed E-state index contributed by atoms with van der Waals surface area (Å²) < 4.78 is 30.7. The Bertz CT molecular complexity index is 1300. The van der Waals surface area contributed by atoms with Crippen molar-refractivity contribution in [3.8, 4) is 0 Å². The van der Waals surface area contributed by atoms with Gasteiger partial charge < -0.3 is 19.4 Å². The van der Waals surface area contributed by atoms with Gasteiger partial charge in [0.25, 0.3) is 0 Å². The molecule has 0 aliphatic carbocycles. The molecule has 432 valence electrons. The number of carbonyl (C=O) groups excluding carboxylic acids is 2. The number of nitrogens with zero attached hydrogens (tertiary/aromatic N) is 1. The molecule has 0 fully saturated rings. The van der Waals surface area contributed by atoms with Gasteiger partial charge in [0.15, 0.2) is 0 Å². The lowest BCUT2D eigenvalue weighted by Gasteiger charge is -2.27. The highest BCUT2D eigenvalue weighted by Crippen LogP contribution is 2.43. The number of allylic oxidation sites excluding steroid dienone is 3. The van der Waals surface area contributed by atoms with Crippen LogP contribution < -0.4 is 5.32 Å². The van der Waals surface area contributed by atoms with Crippen LogP contribution in [0.5, 0.6) is 0 Å². The number of unbranched alkanes of at least 4 members (excludes halogenated alkanes) is 40. The first-order chi connectivity index (χ1) is 35.4. The van der Waals surface area contributed by atoms with Crippen molar-refractivity contribution in [3.63, 3.8) is 0 Å². The lowest BCUT2D eigenvalue weighted by molar-refractivity contribution is -0.870. The molecule has 10 heteroatoms. The predicted molar refractivity (Wildman–Crippen MR) is 314 cm³/mol. The lowest BCUT2D eigenvalue weighted by atomic mass is 10.0. The van der Waals surface area contributed by atoms with Gasteiger partial charge in [0.1, 0.15) is 19.3 Å². The maximum atomic E-state index is 13.5. The third kappa shape index (κ3) is 55.1. The van der Waals surface area contributed by atoms with Crippen LogP contribution in [0.1, 0.15) is 316 Å². The van der Waals surface area contributed by atoms with E-state index in [1.54, 1.807) is 0 Å². The Labute approximate surface area is 454 Å². The molecule has 0 radical (unpaired) electrons. The number of phosphoric ester groups is 1. The van der Waals surface area contributed by atoms with E-state index in [1.807, 2.05) is 33.3 Å². The zero-order valence-corrected chi connectivity index (χ0v) is 50.3. The Morgan fingerprint density at radius 3 is 1.21 bits per heavy atom. The summed E-state index contributed by atoms with van der Waals surface area (Å²) in [6.07, 6.45) is 63.3. The Hall–Kier alpha value is -1.51. The standard InChI is InChI=1S/C63H123N2O7P/c1-7-10-13-16-19-22-25-27-28-29-30-31-32-33-34-35-36-38-41-43-46-49-52-55-62(66)64-60(59-71-73(68,69)70-58-57-65(4,5)6)61(54-51-48-45-42-40-37-26-23-20-17-14-11-8-2)72-63(67)56-53-50-47-44-39-24-21-18-15-12-9-3/h18,21,51,54,60-61H,7-17,19-20,22-50,52-53,55-59H2,1-6H3,(H-,64,66,68,69)/p+1/b21-18-,54-51+. The number of quaternary nitrogens is 1. The second-order valence-electron chi connectivity index (χ2n) is 22.9.